The van der Waals surface area contributed by atoms with Gasteiger partial charge in [0.05, 0.1) is 4.92 Å². The third-order valence-electron chi connectivity index (χ3n) is 2.57. The van der Waals surface area contributed by atoms with Gasteiger partial charge in [0, 0.05) is 32.8 Å². The summed E-state index contributed by atoms with van der Waals surface area (Å²) in [6.45, 7) is 3.08. The number of aromatic nitrogens is 1. The molecule has 0 bridgehead atoms. The molecule has 0 aliphatic heterocycles. The molecule has 1 aromatic rings. The number of rotatable bonds is 7. The summed E-state index contributed by atoms with van der Waals surface area (Å²) in [7, 11) is 1.71. The highest BCUT2D eigenvalue weighted by molar-refractivity contribution is 5.61. The molecule has 18 heavy (non-hydrogen) atoms. The Morgan fingerprint density at radius 1 is 1.56 bits per heavy atom. The average Bonchev–Trinajstić information content (AvgIpc) is 2.39. The summed E-state index contributed by atoms with van der Waals surface area (Å²) < 4.78 is 0. The SMILES string of the molecule is CCN(CCCO)c1nc(NC)ccc1[N+](=O)[O-]. The highest BCUT2D eigenvalue weighted by atomic mass is 16.6. The van der Waals surface area contributed by atoms with Gasteiger partial charge in [-0.15, -0.1) is 0 Å². The minimum atomic E-state index is -0.441. The fraction of sp³-hybridized carbons (Fsp3) is 0.545. The molecular formula is C11H18N4O3. The third-order valence-corrected chi connectivity index (χ3v) is 2.57. The molecule has 0 aliphatic rings. The van der Waals surface area contributed by atoms with Crippen molar-refractivity contribution >= 4 is 17.3 Å². The molecule has 0 aliphatic carbocycles. The van der Waals surface area contributed by atoms with E-state index in [1.54, 1.807) is 18.0 Å². The van der Waals surface area contributed by atoms with Crippen LogP contribution in [-0.4, -0.2) is 41.8 Å². The van der Waals surface area contributed by atoms with Crippen LogP contribution in [0.2, 0.25) is 0 Å². The van der Waals surface area contributed by atoms with E-state index in [9.17, 15) is 10.1 Å². The minimum absolute atomic E-state index is 0.0196. The predicted octanol–water partition coefficient (Wildman–Crippen LogP) is 1.24. The summed E-state index contributed by atoms with van der Waals surface area (Å²) in [6, 6.07) is 3.01. The van der Waals surface area contributed by atoms with E-state index in [1.165, 1.54) is 6.07 Å². The quantitative estimate of drug-likeness (QED) is 0.562. The van der Waals surface area contributed by atoms with Gasteiger partial charge in [-0.1, -0.05) is 0 Å². The largest absolute Gasteiger partial charge is 0.396 e. The maximum atomic E-state index is 11.0. The van der Waals surface area contributed by atoms with E-state index in [-0.39, 0.29) is 12.3 Å². The molecule has 0 spiro atoms. The standard InChI is InChI=1S/C11H18N4O3/c1-3-14(7-4-8-16)11-9(15(17)18)5-6-10(12-2)13-11/h5-6,16H,3-4,7-8H2,1-2H3,(H,12,13). The lowest BCUT2D eigenvalue weighted by Gasteiger charge is -2.21. The maximum absolute atomic E-state index is 11.0. The fourth-order valence-electron chi connectivity index (χ4n) is 1.63. The van der Waals surface area contributed by atoms with Gasteiger partial charge < -0.3 is 15.3 Å². The van der Waals surface area contributed by atoms with Gasteiger partial charge in [0.15, 0.2) is 0 Å². The summed E-state index contributed by atoms with van der Waals surface area (Å²) in [5.41, 5.74) is -0.0196. The number of nitrogens with one attached hydrogen (secondary N) is 1. The van der Waals surface area contributed by atoms with Crippen molar-refractivity contribution < 1.29 is 10.0 Å². The van der Waals surface area contributed by atoms with E-state index >= 15 is 0 Å². The van der Waals surface area contributed by atoms with E-state index < -0.39 is 4.92 Å². The monoisotopic (exact) mass is 254 g/mol. The molecule has 0 saturated carbocycles. The first-order valence-electron chi connectivity index (χ1n) is 5.83. The second kappa shape index (κ2) is 6.75. The summed E-state index contributed by atoms with van der Waals surface area (Å²) in [6.07, 6.45) is 0.552. The van der Waals surface area contributed by atoms with Gasteiger partial charge in [0.2, 0.25) is 5.82 Å². The first kappa shape index (κ1) is 14.2. The number of anilines is 2. The second-order valence-corrected chi connectivity index (χ2v) is 3.70. The zero-order valence-corrected chi connectivity index (χ0v) is 10.6. The van der Waals surface area contributed by atoms with E-state index in [2.05, 4.69) is 10.3 Å². The van der Waals surface area contributed by atoms with E-state index in [0.29, 0.717) is 31.1 Å². The Kier molecular flexibility index (Phi) is 5.31. The first-order valence-corrected chi connectivity index (χ1v) is 5.83. The molecule has 7 nitrogen and oxygen atoms in total. The number of aliphatic hydroxyl groups is 1. The highest BCUT2D eigenvalue weighted by Crippen LogP contribution is 2.27. The smallest absolute Gasteiger partial charge is 0.311 e. The lowest BCUT2D eigenvalue weighted by Crippen LogP contribution is -2.26. The van der Waals surface area contributed by atoms with E-state index in [0.717, 1.165) is 0 Å². The van der Waals surface area contributed by atoms with Crippen molar-refractivity contribution in [2.75, 3.05) is 37.0 Å². The first-order chi connectivity index (χ1) is 8.63. The predicted molar refractivity (Wildman–Crippen MR) is 70.0 cm³/mol. The summed E-state index contributed by atoms with van der Waals surface area (Å²) in [5, 5.41) is 22.7. The fourth-order valence-corrected chi connectivity index (χ4v) is 1.63. The number of aliphatic hydroxyl groups excluding tert-OH is 1. The molecule has 1 aromatic heterocycles. The number of nitrogens with zero attached hydrogens (tertiary/aromatic N) is 3. The Balaban J connectivity index is 3.11. The Bertz CT molecular complexity index is 411. The summed E-state index contributed by atoms with van der Waals surface area (Å²) >= 11 is 0. The molecule has 0 atom stereocenters. The van der Waals surface area contributed by atoms with Crippen molar-refractivity contribution in [3.05, 3.63) is 22.2 Å². The van der Waals surface area contributed by atoms with Crippen molar-refractivity contribution in [3.63, 3.8) is 0 Å². The Hall–Kier alpha value is -1.89. The molecule has 7 heteroatoms. The third kappa shape index (κ3) is 3.30. The number of hydrogen-bond acceptors (Lipinski definition) is 6. The van der Waals surface area contributed by atoms with Gasteiger partial charge in [0.1, 0.15) is 5.82 Å². The molecule has 1 rings (SSSR count). The van der Waals surface area contributed by atoms with Crippen LogP contribution in [-0.2, 0) is 0 Å². The van der Waals surface area contributed by atoms with Crippen LogP contribution in [0.3, 0.4) is 0 Å². The minimum Gasteiger partial charge on any atom is -0.396 e. The van der Waals surface area contributed by atoms with Crippen LogP contribution in [0, 0.1) is 10.1 Å². The van der Waals surface area contributed by atoms with Crippen LogP contribution in [0.4, 0.5) is 17.3 Å². The van der Waals surface area contributed by atoms with Gasteiger partial charge in [-0.2, -0.15) is 0 Å². The Labute approximate surface area is 106 Å². The Morgan fingerprint density at radius 3 is 2.78 bits per heavy atom. The van der Waals surface area contributed by atoms with Gasteiger partial charge in [-0.25, -0.2) is 4.98 Å². The molecule has 0 unspecified atom stereocenters. The van der Waals surface area contributed by atoms with Crippen molar-refractivity contribution in [3.8, 4) is 0 Å². The number of hydrogen-bond donors (Lipinski definition) is 2. The topological polar surface area (TPSA) is 91.5 Å². The maximum Gasteiger partial charge on any atom is 0.311 e. The Morgan fingerprint density at radius 2 is 2.28 bits per heavy atom. The van der Waals surface area contributed by atoms with Crippen molar-refractivity contribution in [1.82, 2.24) is 4.98 Å². The molecule has 2 N–H and O–H groups in total. The van der Waals surface area contributed by atoms with Gasteiger partial charge in [-0.3, -0.25) is 10.1 Å². The van der Waals surface area contributed by atoms with Crippen LogP contribution < -0.4 is 10.2 Å². The zero-order chi connectivity index (χ0) is 13.5. The number of pyridine rings is 1. The molecular weight excluding hydrogens is 236 g/mol. The molecule has 0 saturated heterocycles. The van der Waals surface area contributed by atoms with Crippen molar-refractivity contribution in [1.29, 1.82) is 0 Å². The van der Waals surface area contributed by atoms with E-state index in [1.807, 2.05) is 6.92 Å². The van der Waals surface area contributed by atoms with Crippen LogP contribution >= 0.6 is 0 Å². The lowest BCUT2D eigenvalue weighted by molar-refractivity contribution is -0.384. The highest BCUT2D eigenvalue weighted by Gasteiger charge is 2.20. The van der Waals surface area contributed by atoms with Crippen LogP contribution in [0.1, 0.15) is 13.3 Å². The van der Waals surface area contributed by atoms with Crippen LogP contribution in [0.5, 0.6) is 0 Å². The number of nitro groups is 1. The van der Waals surface area contributed by atoms with Gasteiger partial charge in [-0.05, 0) is 19.4 Å². The summed E-state index contributed by atoms with van der Waals surface area (Å²) in [5.74, 6) is 0.917. The normalized spacial score (nSPS) is 10.2. The van der Waals surface area contributed by atoms with Crippen molar-refractivity contribution in [2.24, 2.45) is 0 Å². The second-order valence-electron chi connectivity index (χ2n) is 3.70. The van der Waals surface area contributed by atoms with Gasteiger partial charge >= 0.3 is 5.69 Å². The molecule has 0 aromatic carbocycles. The molecule has 1 heterocycles. The van der Waals surface area contributed by atoms with Gasteiger partial charge in [0.25, 0.3) is 0 Å². The average molecular weight is 254 g/mol. The lowest BCUT2D eigenvalue weighted by atomic mass is 10.3. The summed E-state index contributed by atoms with van der Waals surface area (Å²) in [4.78, 5) is 16.6. The van der Waals surface area contributed by atoms with Crippen molar-refractivity contribution in [2.45, 2.75) is 13.3 Å². The molecule has 0 fully saturated rings. The molecule has 0 radical (unpaired) electrons. The zero-order valence-electron chi connectivity index (χ0n) is 10.6. The molecule has 100 valence electrons. The molecule has 0 amide bonds. The van der Waals surface area contributed by atoms with Crippen LogP contribution in [0.25, 0.3) is 0 Å². The van der Waals surface area contributed by atoms with E-state index in [4.69, 9.17) is 5.11 Å². The van der Waals surface area contributed by atoms with Crippen LogP contribution in [0.15, 0.2) is 12.1 Å².